The highest BCUT2D eigenvalue weighted by molar-refractivity contribution is 9.11. The summed E-state index contributed by atoms with van der Waals surface area (Å²) in [5, 5.41) is 0. The second-order valence-electron chi connectivity index (χ2n) is 4.30. The first-order valence-electron chi connectivity index (χ1n) is 5.69. The number of thiazole rings is 1. The lowest BCUT2D eigenvalue weighted by Gasteiger charge is -2.05. The highest BCUT2D eigenvalue weighted by atomic mass is 79.9. The van der Waals surface area contributed by atoms with Crippen molar-refractivity contribution in [1.82, 2.24) is 4.98 Å². The van der Waals surface area contributed by atoms with Crippen LogP contribution in [-0.4, -0.2) is 12.1 Å². The molecule has 1 fully saturated rings. The molecule has 1 saturated carbocycles. The molecule has 2 nitrogen and oxygen atoms in total. The van der Waals surface area contributed by atoms with Crippen LogP contribution < -0.4 is 4.74 Å². The van der Waals surface area contributed by atoms with Gasteiger partial charge in [0.1, 0.15) is 11.6 Å². The van der Waals surface area contributed by atoms with Gasteiger partial charge in [-0.05, 0) is 46.8 Å². The SMILES string of the molecule is COc1ccc(-c2nc(Br)sc2C2CC2)c(F)c1. The Kier molecular flexibility index (Phi) is 3.11. The third-order valence-corrected chi connectivity index (χ3v) is 4.68. The summed E-state index contributed by atoms with van der Waals surface area (Å²) in [7, 11) is 1.53. The zero-order valence-electron chi connectivity index (χ0n) is 9.74. The maximum atomic E-state index is 14.1. The number of methoxy groups -OCH3 is 1. The number of hydrogen-bond acceptors (Lipinski definition) is 3. The van der Waals surface area contributed by atoms with Crippen LogP contribution in [0.1, 0.15) is 23.6 Å². The molecule has 0 N–H and O–H groups in total. The Morgan fingerprint density at radius 1 is 1.44 bits per heavy atom. The molecule has 0 spiro atoms. The minimum absolute atomic E-state index is 0.283. The second-order valence-corrected chi connectivity index (χ2v) is 6.61. The number of aromatic nitrogens is 1. The van der Waals surface area contributed by atoms with E-state index in [1.54, 1.807) is 23.5 Å². The van der Waals surface area contributed by atoms with E-state index in [-0.39, 0.29) is 5.82 Å². The summed E-state index contributed by atoms with van der Waals surface area (Å²) in [5.74, 6) is 0.804. The molecule has 1 aromatic heterocycles. The number of halogens is 2. The lowest BCUT2D eigenvalue weighted by molar-refractivity contribution is 0.411. The fraction of sp³-hybridized carbons (Fsp3) is 0.308. The molecule has 3 rings (SSSR count). The summed E-state index contributed by atoms with van der Waals surface area (Å²) in [6.07, 6.45) is 2.36. The quantitative estimate of drug-likeness (QED) is 0.822. The fourth-order valence-corrected chi connectivity index (χ4v) is 3.61. The predicted molar refractivity (Wildman–Crippen MR) is 73.7 cm³/mol. The van der Waals surface area contributed by atoms with Gasteiger partial charge in [-0.1, -0.05) is 0 Å². The van der Waals surface area contributed by atoms with Crippen molar-refractivity contribution in [3.05, 3.63) is 32.8 Å². The molecule has 18 heavy (non-hydrogen) atoms. The number of hydrogen-bond donors (Lipinski definition) is 0. The summed E-state index contributed by atoms with van der Waals surface area (Å²) < 4.78 is 19.9. The van der Waals surface area contributed by atoms with Gasteiger partial charge in [0.2, 0.25) is 0 Å². The van der Waals surface area contributed by atoms with Crippen molar-refractivity contribution in [2.24, 2.45) is 0 Å². The van der Waals surface area contributed by atoms with Crippen molar-refractivity contribution in [2.45, 2.75) is 18.8 Å². The van der Waals surface area contributed by atoms with E-state index in [2.05, 4.69) is 20.9 Å². The van der Waals surface area contributed by atoms with E-state index in [9.17, 15) is 4.39 Å². The van der Waals surface area contributed by atoms with Gasteiger partial charge in [-0.2, -0.15) is 0 Å². The topological polar surface area (TPSA) is 22.1 Å². The minimum Gasteiger partial charge on any atom is -0.497 e. The van der Waals surface area contributed by atoms with Crippen molar-refractivity contribution in [1.29, 1.82) is 0 Å². The van der Waals surface area contributed by atoms with Crippen LogP contribution in [0, 0.1) is 5.82 Å². The zero-order valence-corrected chi connectivity index (χ0v) is 12.1. The Bertz CT molecular complexity index is 595. The Morgan fingerprint density at radius 3 is 2.83 bits per heavy atom. The molecule has 5 heteroatoms. The molecule has 1 heterocycles. The van der Waals surface area contributed by atoms with Crippen LogP contribution >= 0.6 is 27.3 Å². The van der Waals surface area contributed by atoms with Gasteiger partial charge in [0.05, 0.1) is 12.8 Å². The Balaban J connectivity index is 2.08. The maximum absolute atomic E-state index is 14.1. The van der Waals surface area contributed by atoms with Crippen LogP contribution in [0.25, 0.3) is 11.3 Å². The van der Waals surface area contributed by atoms with E-state index < -0.39 is 0 Å². The van der Waals surface area contributed by atoms with Gasteiger partial charge in [0.25, 0.3) is 0 Å². The molecule has 0 bridgehead atoms. The summed E-state index contributed by atoms with van der Waals surface area (Å²) >= 11 is 5.00. The largest absolute Gasteiger partial charge is 0.497 e. The van der Waals surface area contributed by atoms with E-state index in [1.165, 1.54) is 30.9 Å². The molecule has 0 amide bonds. The summed E-state index contributed by atoms with van der Waals surface area (Å²) in [6.45, 7) is 0. The molecular weight excluding hydrogens is 317 g/mol. The minimum atomic E-state index is -0.283. The van der Waals surface area contributed by atoms with Crippen LogP contribution in [0.3, 0.4) is 0 Å². The molecule has 0 saturated heterocycles. The van der Waals surface area contributed by atoms with Gasteiger partial charge in [0.15, 0.2) is 3.92 Å². The average molecular weight is 328 g/mol. The number of rotatable bonds is 3. The zero-order chi connectivity index (χ0) is 12.7. The first kappa shape index (κ1) is 12.1. The van der Waals surface area contributed by atoms with Crippen molar-refractivity contribution >= 4 is 27.3 Å². The van der Waals surface area contributed by atoms with Gasteiger partial charge in [-0.15, -0.1) is 11.3 Å². The predicted octanol–water partition coefficient (Wildman–Crippen LogP) is 4.60. The van der Waals surface area contributed by atoms with Crippen molar-refractivity contribution < 1.29 is 9.13 Å². The number of nitrogens with zero attached hydrogens (tertiary/aromatic N) is 1. The average Bonchev–Trinajstić information content (AvgIpc) is 3.13. The first-order chi connectivity index (χ1) is 8.69. The van der Waals surface area contributed by atoms with Gasteiger partial charge < -0.3 is 4.74 Å². The lowest BCUT2D eigenvalue weighted by atomic mass is 10.1. The molecular formula is C13H11BrFNOS. The molecule has 94 valence electrons. The first-order valence-corrected chi connectivity index (χ1v) is 7.30. The van der Waals surface area contributed by atoms with E-state index >= 15 is 0 Å². The van der Waals surface area contributed by atoms with Gasteiger partial charge in [-0.25, -0.2) is 9.37 Å². The van der Waals surface area contributed by atoms with Crippen molar-refractivity contribution in [2.75, 3.05) is 7.11 Å². The fourth-order valence-electron chi connectivity index (χ4n) is 1.93. The van der Waals surface area contributed by atoms with Gasteiger partial charge in [0, 0.05) is 16.5 Å². The molecule has 0 aliphatic heterocycles. The van der Waals surface area contributed by atoms with E-state index in [4.69, 9.17) is 4.74 Å². The van der Waals surface area contributed by atoms with E-state index in [0.717, 1.165) is 9.61 Å². The van der Waals surface area contributed by atoms with Crippen LogP contribution in [-0.2, 0) is 0 Å². The molecule has 1 aromatic carbocycles. The Morgan fingerprint density at radius 2 is 2.22 bits per heavy atom. The van der Waals surface area contributed by atoms with E-state index in [1.807, 2.05) is 0 Å². The smallest absolute Gasteiger partial charge is 0.160 e. The molecule has 0 radical (unpaired) electrons. The summed E-state index contributed by atoms with van der Waals surface area (Å²) in [4.78, 5) is 5.60. The number of ether oxygens (including phenoxy) is 1. The molecule has 1 aliphatic carbocycles. The normalized spacial score (nSPS) is 14.8. The third-order valence-electron chi connectivity index (χ3n) is 3.01. The molecule has 1 aliphatic rings. The highest BCUT2D eigenvalue weighted by Gasteiger charge is 2.30. The monoisotopic (exact) mass is 327 g/mol. The number of benzene rings is 1. The third kappa shape index (κ3) is 2.17. The molecule has 2 aromatic rings. The van der Waals surface area contributed by atoms with E-state index in [0.29, 0.717) is 17.2 Å². The summed E-state index contributed by atoms with van der Waals surface area (Å²) in [5.41, 5.74) is 1.33. The van der Waals surface area contributed by atoms with Crippen LogP contribution in [0.15, 0.2) is 22.1 Å². The molecule has 0 atom stereocenters. The lowest BCUT2D eigenvalue weighted by Crippen LogP contribution is -1.90. The van der Waals surface area contributed by atoms with Crippen LogP contribution in [0.2, 0.25) is 0 Å². The van der Waals surface area contributed by atoms with Crippen molar-refractivity contribution in [3.63, 3.8) is 0 Å². The van der Waals surface area contributed by atoms with Crippen molar-refractivity contribution in [3.8, 4) is 17.0 Å². The molecule has 0 unspecified atom stereocenters. The highest BCUT2D eigenvalue weighted by Crippen LogP contribution is 2.48. The maximum Gasteiger partial charge on any atom is 0.160 e. The summed E-state index contributed by atoms with van der Waals surface area (Å²) in [6, 6.07) is 4.91. The van der Waals surface area contributed by atoms with Gasteiger partial charge in [-0.3, -0.25) is 0 Å². The standard InChI is InChI=1S/C13H11BrFNOS/c1-17-8-4-5-9(10(15)6-8)11-12(7-2-3-7)18-13(14)16-11/h4-7H,2-3H2,1H3. The Hall–Kier alpha value is -0.940. The van der Waals surface area contributed by atoms with Crippen LogP contribution in [0.4, 0.5) is 4.39 Å². The van der Waals surface area contributed by atoms with Crippen LogP contribution in [0.5, 0.6) is 5.75 Å². The Labute approximate surface area is 117 Å². The van der Waals surface area contributed by atoms with Gasteiger partial charge >= 0.3 is 0 Å². The second kappa shape index (κ2) is 4.63.